The normalized spacial score (nSPS) is 10.7. The number of fused-ring (bicyclic) bond motifs is 1. The number of aryl methyl sites for hydroxylation is 1. The number of hydrogen-bond acceptors (Lipinski definition) is 5. The van der Waals surface area contributed by atoms with Gasteiger partial charge in [-0.2, -0.15) is 9.50 Å². The second-order valence-electron chi connectivity index (χ2n) is 3.22. The Morgan fingerprint density at radius 1 is 1.56 bits per heavy atom. The number of esters is 1. The van der Waals surface area contributed by atoms with Crippen LogP contribution < -0.4 is 0 Å². The molecule has 0 bridgehead atoms. The number of hydrogen-bond donors (Lipinski definition) is 0. The molecule has 0 N–H and O–H groups in total. The zero-order chi connectivity index (χ0) is 11.7. The van der Waals surface area contributed by atoms with Crippen molar-refractivity contribution in [1.82, 2.24) is 19.6 Å². The third kappa shape index (κ3) is 2.11. The van der Waals surface area contributed by atoms with Gasteiger partial charge in [-0.05, 0) is 6.92 Å². The Morgan fingerprint density at radius 2 is 2.31 bits per heavy atom. The standard InChI is InChI=1S/C9H9ClN4O2/c1-5-11-9-12-7(4-16-6(2)15)3-8(10)14(9)13-5/h3H,4H2,1-2H3. The van der Waals surface area contributed by atoms with Crippen molar-refractivity contribution < 1.29 is 9.53 Å². The van der Waals surface area contributed by atoms with Crippen molar-refractivity contribution in [2.45, 2.75) is 20.5 Å². The lowest BCUT2D eigenvalue weighted by molar-refractivity contribution is -0.142. The molecule has 0 saturated carbocycles. The van der Waals surface area contributed by atoms with E-state index in [-0.39, 0.29) is 12.6 Å². The minimum absolute atomic E-state index is 0.0808. The minimum atomic E-state index is -0.365. The van der Waals surface area contributed by atoms with Crippen molar-refractivity contribution in [1.29, 1.82) is 0 Å². The second-order valence-corrected chi connectivity index (χ2v) is 3.61. The summed E-state index contributed by atoms with van der Waals surface area (Å²) in [6.45, 7) is 3.16. The van der Waals surface area contributed by atoms with Crippen molar-refractivity contribution in [3.8, 4) is 0 Å². The molecule has 0 fully saturated rings. The van der Waals surface area contributed by atoms with Crippen LogP contribution in [-0.4, -0.2) is 25.6 Å². The molecule has 0 aliphatic carbocycles. The van der Waals surface area contributed by atoms with Gasteiger partial charge in [0, 0.05) is 13.0 Å². The molecule has 0 atom stereocenters. The summed E-state index contributed by atoms with van der Waals surface area (Å²) in [5.74, 6) is 0.613. The number of rotatable bonds is 2. The number of carbonyl (C=O) groups is 1. The van der Waals surface area contributed by atoms with Crippen LogP contribution in [0.5, 0.6) is 0 Å². The summed E-state index contributed by atoms with van der Waals surface area (Å²) in [7, 11) is 0. The van der Waals surface area contributed by atoms with Gasteiger partial charge < -0.3 is 4.74 Å². The molecule has 2 heterocycles. The van der Waals surface area contributed by atoms with Gasteiger partial charge in [0.1, 0.15) is 17.6 Å². The van der Waals surface area contributed by atoms with E-state index in [1.807, 2.05) is 0 Å². The van der Waals surface area contributed by atoms with Crippen LogP contribution in [0.2, 0.25) is 5.15 Å². The van der Waals surface area contributed by atoms with E-state index in [9.17, 15) is 4.79 Å². The van der Waals surface area contributed by atoms with Gasteiger partial charge in [-0.3, -0.25) is 4.79 Å². The molecule has 6 nitrogen and oxygen atoms in total. The van der Waals surface area contributed by atoms with E-state index in [4.69, 9.17) is 16.3 Å². The van der Waals surface area contributed by atoms with Crippen LogP contribution in [0.4, 0.5) is 0 Å². The van der Waals surface area contributed by atoms with Gasteiger partial charge >= 0.3 is 5.97 Å². The molecule has 0 saturated heterocycles. The molecule has 0 radical (unpaired) electrons. The quantitative estimate of drug-likeness (QED) is 0.582. The Hall–Kier alpha value is -1.69. The zero-order valence-corrected chi connectivity index (χ0v) is 9.52. The smallest absolute Gasteiger partial charge is 0.303 e. The summed E-state index contributed by atoms with van der Waals surface area (Å²) in [4.78, 5) is 18.9. The predicted molar refractivity (Wildman–Crippen MR) is 56.0 cm³/mol. The molecule has 2 aromatic rings. The van der Waals surface area contributed by atoms with E-state index in [0.29, 0.717) is 22.4 Å². The van der Waals surface area contributed by atoms with Crippen LogP contribution in [0.15, 0.2) is 6.07 Å². The fourth-order valence-corrected chi connectivity index (χ4v) is 1.47. The Bertz CT molecular complexity index is 552. The molecular weight excluding hydrogens is 232 g/mol. The highest BCUT2D eigenvalue weighted by Crippen LogP contribution is 2.12. The molecule has 0 aliphatic heterocycles. The fraction of sp³-hybridized carbons (Fsp3) is 0.333. The largest absolute Gasteiger partial charge is 0.459 e. The Balaban J connectivity index is 2.37. The highest BCUT2D eigenvalue weighted by atomic mass is 35.5. The minimum Gasteiger partial charge on any atom is -0.459 e. The average molecular weight is 241 g/mol. The van der Waals surface area contributed by atoms with Crippen LogP contribution in [0, 0.1) is 6.92 Å². The predicted octanol–water partition coefficient (Wildman–Crippen LogP) is 1.15. The van der Waals surface area contributed by atoms with Crippen molar-refractivity contribution in [3.05, 3.63) is 22.7 Å². The Morgan fingerprint density at radius 3 is 3.00 bits per heavy atom. The summed E-state index contributed by atoms with van der Waals surface area (Å²) < 4.78 is 6.25. The van der Waals surface area contributed by atoms with Crippen LogP contribution in [0.3, 0.4) is 0 Å². The van der Waals surface area contributed by atoms with Crippen LogP contribution in [0.1, 0.15) is 18.4 Å². The summed E-state index contributed by atoms with van der Waals surface area (Å²) >= 11 is 5.97. The molecule has 84 valence electrons. The fourth-order valence-electron chi connectivity index (χ4n) is 1.23. The van der Waals surface area contributed by atoms with Crippen molar-refractivity contribution in [3.63, 3.8) is 0 Å². The van der Waals surface area contributed by atoms with Crippen molar-refractivity contribution >= 4 is 23.3 Å². The summed E-state index contributed by atoms with van der Waals surface area (Å²) in [5, 5.41) is 4.43. The third-order valence-electron chi connectivity index (χ3n) is 1.85. The Kier molecular flexibility index (Phi) is 2.74. The molecule has 0 unspecified atom stereocenters. The number of ether oxygens (including phenoxy) is 1. The van der Waals surface area contributed by atoms with Gasteiger partial charge in [-0.15, -0.1) is 5.10 Å². The molecule has 2 rings (SSSR count). The molecule has 0 spiro atoms. The SMILES string of the molecule is CC(=O)OCc1cc(Cl)n2nc(C)nc2n1. The Labute approximate surface area is 96.2 Å². The first-order valence-corrected chi connectivity index (χ1v) is 4.96. The van der Waals surface area contributed by atoms with Gasteiger partial charge in [-0.25, -0.2) is 4.98 Å². The van der Waals surface area contributed by atoms with Crippen molar-refractivity contribution in [2.24, 2.45) is 0 Å². The maximum Gasteiger partial charge on any atom is 0.303 e. The van der Waals surface area contributed by atoms with Gasteiger partial charge in [0.25, 0.3) is 5.78 Å². The first kappa shape index (κ1) is 10.8. The monoisotopic (exact) mass is 240 g/mol. The van der Waals surface area contributed by atoms with E-state index in [1.165, 1.54) is 11.4 Å². The first-order valence-electron chi connectivity index (χ1n) is 4.58. The van der Waals surface area contributed by atoms with Crippen molar-refractivity contribution in [2.75, 3.05) is 0 Å². The van der Waals surface area contributed by atoms with E-state index >= 15 is 0 Å². The van der Waals surface area contributed by atoms with E-state index in [2.05, 4.69) is 15.1 Å². The molecule has 0 aromatic carbocycles. The molecule has 0 amide bonds. The average Bonchev–Trinajstić information content (AvgIpc) is 2.56. The number of carbonyl (C=O) groups excluding carboxylic acids is 1. The highest BCUT2D eigenvalue weighted by Gasteiger charge is 2.08. The lowest BCUT2D eigenvalue weighted by atomic mass is 10.4. The van der Waals surface area contributed by atoms with Gasteiger partial charge in [0.15, 0.2) is 0 Å². The highest BCUT2D eigenvalue weighted by molar-refractivity contribution is 6.29. The third-order valence-corrected chi connectivity index (χ3v) is 2.12. The van der Waals surface area contributed by atoms with Crippen LogP contribution in [0.25, 0.3) is 5.78 Å². The maximum atomic E-state index is 10.7. The lowest BCUT2D eigenvalue weighted by Crippen LogP contribution is -2.03. The topological polar surface area (TPSA) is 69.4 Å². The summed E-state index contributed by atoms with van der Waals surface area (Å²) in [6.07, 6.45) is 0. The molecule has 0 aliphatic rings. The van der Waals surface area contributed by atoms with E-state index in [0.717, 1.165) is 0 Å². The van der Waals surface area contributed by atoms with E-state index in [1.54, 1.807) is 13.0 Å². The number of nitrogens with zero attached hydrogens (tertiary/aromatic N) is 4. The zero-order valence-electron chi connectivity index (χ0n) is 8.77. The van der Waals surface area contributed by atoms with E-state index < -0.39 is 0 Å². The van der Waals surface area contributed by atoms with Crippen LogP contribution in [-0.2, 0) is 16.1 Å². The lowest BCUT2D eigenvalue weighted by Gasteiger charge is -2.02. The summed E-state index contributed by atoms with van der Waals surface area (Å²) in [6, 6.07) is 1.59. The van der Waals surface area contributed by atoms with Gasteiger partial charge in [-0.1, -0.05) is 11.6 Å². The van der Waals surface area contributed by atoms with Gasteiger partial charge in [0.2, 0.25) is 0 Å². The van der Waals surface area contributed by atoms with Gasteiger partial charge in [0.05, 0.1) is 5.69 Å². The number of halogens is 1. The molecular formula is C9H9ClN4O2. The first-order chi connectivity index (χ1) is 7.56. The summed E-state index contributed by atoms with van der Waals surface area (Å²) in [5.41, 5.74) is 0.542. The second kappa shape index (κ2) is 4.05. The molecule has 2 aromatic heterocycles. The molecule has 16 heavy (non-hydrogen) atoms. The number of aromatic nitrogens is 4. The molecule has 7 heteroatoms. The van der Waals surface area contributed by atoms with Crippen LogP contribution >= 0.6 is 11.6 Å². The maximum absolute atomic E-state index is 10.7.